The van der Waals surface area contributed by atoms with E-state index in [4.69, 9.17) is 37.7 Å². The van der Waals surface area contributed by atoms with Crippen molar-refractivity contribution in [1.82, 2.24) is 0 Å². The summed E-state index contributed by atoms with van der Waals surface area (Å²) in [4.78, 5) is 4.75. The van der Waals surface area contributed by atoms with Crippen LogP contribution in [-0.2, 0) is 6.61 Å². The van der Waals surface area contributed by atoms with Crippen LogP contribution in [0, 0.1) is 5.92 Å². The summed E-state index contributed by atoms with van der Waals surface area (Å²) < 4.78 is 12.8. The van der Waals surface area contributed by atoms with Crippen LogP contribution in [0.3, 0.4) is 0 Å². The van der Waals surface area contributed by atoms with Gasteiger partial charge in [0.25, 0.3) is 0 Å². The van der Waals surface area contributed by atoms with Gasteiger partial charge in [0.15, 0.2) is 11.5 Å². The fourth-order valence-electron chi connectivity index (χ4n) is 5.64. The number of aliphatic imine (C=N–C) groups is 1. The number of ether oxygens (including phenoxy) is 2. The molecule has 0 fully saturated rings. The van der Waals surface area contributed by atoms with E-state index in [-0.39, 0.29) is 12.6 Å². The largest absolute Gasteiger partial charge is 0.490 e. The van der Waals surface area contributed by atoms with Crippen molar-refractivity contribution in [3.8, 4) is 11.5 Å². The van der Waals surface area contributed by atoms with Crippen molar-refractivity contribution in [2.75, 3.05) is 11.9 Å². The predicted molar refractivity (Wildman–Crippen MR) is 173 cm³/mol. The Bertz CT molecular complexity index is 1620. The molecule has 4 aromatic rings. The molecule has 0 aromatic heterocycles. The van der Waals surface area contributed by atoms with Gasteiger partial charge in [-0.3, -0.25) is 4.99 Å². The van der Waals surface area contributed by atoms with E-state index in [0.717, 1.165) is 27.7 Å². The highest BCUT2D eigenvalue weighted by Gasteiger charge is 2.37. The highest BCUT2D eigenvalue weighted by Crippen LogP contribution is 2.49. The maximum Gasteiger partial charge on any atom is 0.175 e. The van der Waals surface area contributed by atoms with E-state index in [2.05, 4.69) is 81.9 Å². The number of allylic oxidation sites excluding steroid dienone is 2. The monoisotopic (exact) mass is 646 g/mol. The number of nitrogens with zero attached hydrogens (tertiary/aromatic N) is 1. The fraction of sp³-hybridized carbons (Fsp3) is 0.206. The molecule has 1 aliphatic heterocycles. The molecule has 0 saturated carbocycles. The zero-order chi connectivity index (χ0) is 28.3. The van der Waals surface area contributed by atoms with Crippen LogP contribution in [0.15, 0.2) is 100 Å². The maximum absolute atomic E-state index is 6.33. The zero-order valence-electron chi connectivity index (χ0n) is 22.5. The van der Waals surface area contributed by atoms with E-state index in [9.17, 15) is 0 Å². The van der Waals surface area contributed by atoms with E-state index in [1.807, 2.05) is 31.3 Å². The normalized spacial score (nSPS) is 19.1. The van der Waals surface area contributed by atoms with Gasteiger partial charge in [-0.15, -0.1) is 0 Å². The zero-order valence-corrected chi connectivity index (χ0v) is 25.6. The van der Waals surface area contributed by atoms with E-state index < -0.39 is 0 Å². The number of halogens is 3. The molecule has 208 valence electrons. The van der Waals surface area contributed by atoms with Crippen molar-refractivity contribution in [3.63, 3.8) is 0 Å². The minimum absolute atomic E-state index is 0.267. The Labute approximate surface area is 259 Å². The molecule has 7 heteroatoms. The number of hydrogen-bond donors (Lipinski definition) is 1. The Balaban J connectivity index is 1.18. The summed E-state index contributed by atoms with van der Waals surface area (Å²) in [6.07, 6.45) is 7.62. The summed E-state index contributed by atoms with van der Waals surface area (Å²) in [5, 5.41) is 4.94. The molecule has 2 aliphatic rings. The van der Waals surface area contributed by atoms with E-state index in [0.29, 0.717) is 40.0 Å². The van der Waals surface area contributed by atoms with Gasteiger partial charge >= 0.3 is 0 Å². The molecule has 6 rings (SSSR count). The SMILES string of the molecule is CCOc1cc(C=Nc2ccc([C@@H]3Nc4ccccc4[C@@H]4C=CC[C@@H]43)cc2)cc(Br)c1OCc1ccc(Cl)cc1Cl. The van der Waals surface area contributed by atoms with Crippen LogP contribution in [0.5, 0.6) is 11.5 Å². The molecule has 41 heavy (non-hydrogen) atoms. The molecule has 4 nitrogen and oxygen atoms in total. The first-order chi connectivity index (χ1) is 20.0. The summed E-state index contributed by atoms with van der Waals surface area (Å²) >= 11 is 16.0. The molecule has 1 N–H and O–H groups in total. The van der Waals surface area contributed by atoms with Gasteiger partial charge in [0, 0.05) is 33.4 Å². The highest BCUT2D eigenvalue weighted by atomic mass is 79.9. The van der Waals surface area contributed by atoms with Gasteiger partial charge in [0.2, 0.25) is 0 Å². The third kappa shape index (κ3) is 6.04. The van der Waals surface area contributed by atoms with Crippen LogP contribution in [0.25, 0.3) is 0 Å². The molecule has 0 amide bonds. The summed E-state index contributed by atoms with van der Waals surface area (Å²) in [5.74, 6) is 2.22. The van der Waals surface area contributed by atoms with Crippen LogP contribution in [0.4, 0.5) is 11.4 Å². The lowest BCUT2D eigenvalue weighted by Gasteiger charge is -2.37. The van der Waals surface area contributed by atoms with Gasteiger partial charge in [-0.25, -0.2) is 0 Å². The number of benzene rings is 4. The third-order valence-electron chi connectivity index (χ3n) is 7.61. The van der Waals surface area contributed by atoms with Crippen molar-refractivity contribution in [2.45, 2.75) is 31.9 Å². The number of fused-ring (bicyclic) bond motifs is 3. The minimum Gasteiger partial charge on any atom is -0.490 e. The van der Waals surface area contributed by atoms with E-state index in [1.165, 1.54) is 16.8 Å². The third-order valence-corrected chi connectivity index (χ3v) is 8.78. The number of hydrogen-bond acceptors (Lipinski definition) is 4. The molecule has 0 saturated heterocycles. The standard InChI is InChI=1S/C34H29BrCl2N2O2/c1-2-40-32-17-21(16-29(35)34(32)41-20-23-10-13-24(36)18-30(23)37)19-38-25-14-11-22(12-15-25)33-28-8-5-7-26(28)27-6-3-4-9-31(27)39-33/h3-7,9-19,26,28,33,39H,2,8,20H2,1H3/t26-,28-,33-/m0/s1. The lowest BCUT2D eigenvalue weighted by Crippen LogP contribution is -2.28. The molecule has 3 atom stereocenters. The second-order valence-corrected chi connectivity index (χ2v) is 11.9. The van der Waals surface area contributed by atoms with Crippen molar-refractivity contribution >= 4 is 56.7 Å². The quantitative estimate of drug-likeness (QED) is 0.153. The first kappa shape index (κ1) is 27.9. The summed E-state index contributed by atoms with van der Waals surface area (Å²) in [6, 6.07) is 26.7. The minimum atomic E-state index is 0.267. The average molecular weight is 648 g/mol. The van der Waals surface area contributed by atoms with Gasteiger partial charge in [-0.05, 0) is 94.3 Å². The smallest absolute Gasteiger partial charge is 0.175 e. The predicted octanol–water partition coefficient (Wildman–Crippen LogP) is 10.3. The van der Waals surface area contributed by atoms with Gasteiger partial charge in [-0.1, -0.05) is 71.8 Å². The molecule has 0 unspecified atom stereocenters. The number of anilines is 1. The number of rotatable bonds is 8. The van der Waals surface area contributed by atoms with Crippen molar-refractivity contribution in [2.24, 2.45) is 10.9 Å². The van der Waals surface area contributed by atoms with Gasteiger partial charge < -0.3 is 14.8 Å². The number of para-hydroxylation sites is 1. The summed E-state index contributed by atoms with van der Waals surface area (Å²) in [5.41, 5.74) is 6.52. The topological polar surface area (TPSA) is 42.8 Å². The van der Waals surface area contributed by atoms with E-state index >= 15 is 0 Å². The second-order valence-electron chi connectivity index (χ2n) is 10.2. The van der Waals surface area contributed by atoms with Crippen LogP contribution >= 0.6 is 39.1 Å². The first-order valence-electron chi connectivity index (χ1n) is 13.7. The molecular weight excluding hydrogens is 619 g/mol. The number of nitrogens with one attached hydrogen (secondary N) is 1. The molecule has 1 aliphatic carbocycles. The molecule has 1 heterocycles. The first-order valence-corrected chi connectivity index (χ1v) is 15.2. The molecular formula is C34H29BrCl2N2O2. The fourth-order valence-corrected chi connectivity index (χ4v) is 6.68. The Hall–Kier alpha value is -3.25. The molecule has 4 aromatic carbocycles. The van der Waals surface area contributed by atoms with Crippen LogP contribution in [0.1, 0.15) is 47.6 Å². The van der Waals surface area contributed by atoms with Crippen molar-refractivity contribution in [3.05, 3.63) is 128 Å². The lowest BCUT2D eigenvalue weighted by atomic mass is 9.77. The van der Waals surface area contributed by atoms with Gasteiger partial charge in [-0.2, -0.15) is 0 Å². The summed E-state index contributed by atoms with van der Waals surface area (Å²) in [7, 11) is 0. The Morgan fingerprint density at radius 2 is 1.83 bits per heavy atom. The van der Waals surface area contributed by atoms with Crippen molar-refractivity contribution < 1.29 is 9.47 Å². The van der Waals surface area contributed by atoms with Crippen LogP contribution in [0.2, 0.25) is 10.0 Å². The van der Waals surface area contributed by atoms with Gasteiger partial charge in [0.1, 0.15) is 6.61 Å². The van der Waals surface area contributed by atoms with Gasteiger partial charge in [0.05, 0.1) is 22.8 Å². The molecule has 0 spiro atoms. The molecule has 0 radical (unpaired) electrons. The lowest BCUT2D eigenvalue weighted by molar-refractivity contribution is 0.267. The second kappa shape index (κ2) is 12.3. The Morgan fingerprint density at radius 1 is 1.00 bits per heavy atom. The average Bonchev–Trinajstić information content (AvgIpc) is 3.47. The highest BCUT2D eigenvalue weighted by molar-refractivity contribution is 9.10. The Morgan fingerprint density at radius 3 is 2.63 bits per heavy atom. The van der Waals surface area contributed by atoms with Crippen molar-refractivity contribution in [1.29, 1.82) is 0 Å². The maximum atomic E-state index is 6.33. The van der Waals surface area contributed by atoms with E-state index in [1.54, 1.807) is 12.1 Å². The summed E-state index contributed by atoms with van der Waals surface area (Å²) in [6.45, 7) is 2.73. The van der Waals surface area contributed by atoms with Crippen LogP contribution in [-0.4, -0.2) is 12.8 Å². The van der Waals surface area contributed by atoms with Crippen LogP contribution < -0.4 is 14.8 Å². The molecule has 0 bridgehead atoms. The Kier molecular flexibility index (Phi) is 8.38.